The van der Waals surface area contributed by atoms with Gasteiger partial charge in [-0.1, -0.05) is 12.1 Å². The number of rotatable bonds is 7. The lowest BCUT2D eigenvalue weighted by atomic mass is 10.1. The predicted molar refractivity (Wildman–Crippen MR) is 89.6 cm³/mol. The van der Waals surface area contributed by atoms with Crippen LogP contribution < -0.4 is 5.32 Å². The van der Waals surface area contributed by atoms with Crippen LogP contribution in [-0.2, 0) is 20.1 Å². The summed E-state index contributed by atoms with van der Waals surface area (Å²) < 4.78 is 37.3. The number of nitrogens with zero attached hydrogens (tertiary/aromatic N) is 1. The second-order valence-electron chi connectivity index (χ2n) is 5.87. The van der Waals surface area contributed by atoms with Crippen LogP contribution in [0.5, 0.6) is 0 Å². The van der Waals surface area contributed by atoms with E-state index in [0.29, 0.717) is 16.3 Å². The highest BCUT2D eigenvalue weighted by Crippen LogP contribution is 2.25. The molecule has 0 aromatic heterocycles. The van der Waals surface area contributed by atoms with E-state index in [0.717, 1.165) is 5.56 Å². The van der Waals surface area contributed by atoms with E-state index in [1.54, 1.807) is 24.3 Å². The summed E-state index contributed by atoms with van der Waals surface area (Å²) in [4.78, 5) is 35.0. The lowest BCUT2D eigenvalue weighted by Crippen LogP contribution is -2.36. The van der Waals surface area contributed by atoms with E-state index in [-0.39, 0.29) is 18.7 Å². The van der Waals surface area contributed by atoms with Crippen LogP contribution in [0.3, 0.4) is 0 Å². The van der Waals surface area contributed by atoms with Crippen LogP contribution in [0.15, 0.2) is 24.3 Å². The van der Waals surface area contributed by atoms with Gasteiger partial charge in [0.15, 0.2) is 0 Å². The lowest BCUT2D eigenvalue weighted by Gasteiger charge is -2.18. The number of carbonyl (C=O) groups excluding carboxylic acids is 2. The summed E-state index contributed by atoms with van der Waals surface area (Å²) >= 11 is 1.20. The normalized spacial score (nSPS) is 17.4. The minimum atomic E-state index is -4.50. The summed E-state index contributed by atoms with van der Waals surface area (Å²) in [6.45, 7) is -1.62. The summed E-state index contributed by atoms with van der Waals surface area (Å²) in [6, 6.07) is 6.74. The third-order valence-electron chi connectivity index (χ3n) is 3.64. The highest BCUT2D eigenvalue weighted by atomic mass is 32.2. The molecule has 6 nitrogen and oxygen atoms in total. The molecule has 0 bridgehead atoms. The van der Waals surface area contributed by atoms with Crippen molar-refractivity contribution >= 4 is 35.2 Å². The highest BCUT2D eigenvalue weighted by molar-refractivity contribution is 7.99. The quantitative estimate of drug-likeness (QED) is 0.746. The van der Waals surface area contributed by atoms with Gasteiger partial charge < -0.3 is 15.3 Å². The van der Waals surface area contributed by atoms with E-state index in [1.165, 1.54) is 11.8 Å². The number of alkyl halides is 3. The highest BCUT2D eigenvalue weighted by Gasteiger charge is 2.40. The standard InChI is InChI=1S/C16H17F3N2O4S/c17-16(18,19)9-21-6-11(5-13(21)22)15(25)20-12-3-1-2-10(4-12)7-26-8-14(23)24/h1-4,11H,5-9H2,(H,20,25)(H,23,24). The van der Waals surface area contributed by atoms with Crippen molar-refractivity contribution in [3.05, 3.63) is 29.8 Å². The molecule has 0 radical (unpaired) electrons. The Hall–Kier alpha value is -2.23. The fraction of sp³-hybridized carbons (Fsp3) is 0.438. The van der Waals surface area contributed by atoms with E-state index in [1.807, 2.05) is 0 Å². The number of amides is 2. The monoisotopic (exact) mass is 390 g/mol. The van der Waals surface area contributed by atoms with Crippen molar-refractivity contribution in [1.29, 1.82) is 0 Å². The topological polar surface area (TPSA) is 86.7 Å². The van der Waals surface area contributed by atoms with Gasteiger partial charge in [0.05, 0.1) is 11.7 Å². The van der Waals surface area contributed by atoms with Crippen molar-refractivity contribution in [2.45, 2.75) is 18.3 Å². The van der Waals surface area contributed by atoms with Gasteiger partial charge in [0, 0.05) is 24.4 Å². The third kappa shape index (κ3) is 6.25. The molecular weight excluding hydrogens is 373 g/mol. The Kier molecular flexibility index (Phi) is 6.52. The first-order valence-electron chi connectivity index (χ1n) is 7.68. The number of anilines is 1. The maximum Gasteiger partial charge on any atom is 0.406 e. The first-order valence-corrected chi connectivity index (χ1v) is 8.83. The zero-order valence-corrected chi connectivity index (χ0v) is 14.4. The van der Waals surface area contributed by atoms with Crippen LogP contribution in [0.25, 0.3) is 0 Å². The number of carbonyl (C=O) groups is 3. The van der Waals surface area contributed by atoms with Gasteiger partial charge in [0.2, 0.25) is 11.8 Å². The van der Waals surface area contributed by atoms with Gasteiger partial charge in [-0.3, -0.25) is 14.4 Å². The number of hydrogen-bond donors (Lipinski definition) is 2. The predicted octanol–water partition coefficient (Wildman–Crippen LogP) is 2.35. The maximum absolute atomic E-state index is 12.4. The summed E-state index contributed by atoms with van der Waals surface area (Å²) in [6.07, 6.45) is -4.75. The average molecular weight is 390 g/mol. The number of aliphatic carboxylic acids is 1. The van der Waals surface area contributed by atoms with Crippen molar-refractivity contribution in [1.82, 2.24) is 4.90 Å². The summed E-state index contributed by atoms with van der Waals surface area (Å²) in [5, 5.41) is 11.2. The van der Waals surface area contributed by atoms with Crippen molar-refractivity contribution in [3.63, 3.8) is 0 Å². The van der Waals surface area contributed by atoms with Crippen molar-refractivity contribution < 1.29 is 32.7 Å². The molecule has 26 heavy (non-hydrogen) atoms. The summed E-state index contributed by atoms with van der Waals surface area (Å²) in [5.74, 6) is -2.57. The molecule has 0 aliphatic carbocycles. The van der Waals surface area contributed by atoms with Crippen molar-refractivity contribution in [2.75, 3.05) is 24.2 Å². The molecule has 1 heterocycles. The van der Waals surface area contributed by atoms with E-state index in [2.05, 4.69) is 5.32 Å². The Morgan fingerprint density at radius 2 is 2.08 bits per heavy atom. The Balaban J connectivity index is 1.91. The number of hydrogen-bond acceptors (Lipinski definition) is 4. The van der Waals surface area contributed by atoms with Gasteiger partial charge in [0.1, 0.15) is 6.54 Å². The Morgan fingerprint density at radius 3 is 2.73 bits per heavy atom. The number of carboxylic acid groups (broad SMARTS) is 1. The second kappa shape index (κ2) is 8.43. The largest absolute Gasteiger partial charge is 0.481 e. The smallest absolute Gasteiger partial charge is 0.406 e. The SMILES string of the molecule is O=C(O)CSCc1cccc(NC(=O)C2CC(=O)N(CC(F)(F)F)C2)c1. The van der Waals surface area contributed by atoms with Crippen LogP contribution in [0.1, 0.15) is 12.0 Å². The summed E-state index contributed by atoms with van der Waals surface area (Å²) in [7, 11) is 0. The molecule has 1 aromatic carbocycles. The van der Waals surface area contributed by atoms with E-state index >= 15 is 0 Å². The van der Waals surface area contributed by atoms with Gasteiger partial charge >= 0.3 is 12.1 Å². The average Bonchev–Trinajstić information content (AvgIpc) is 2.86. The minimum Gasteiger partial charge on any atom is -0.481 e. The van der Waals surface area contributed by atoms with E-state index in [9.17, 15) is 27.6 Å². The molecule has 2 amide bonds. The van der Waals surface area contributed by atoms with E-state index in [4.69, 9.17) is 5.11 Å². The fourth-order valence-electron chi connectivity index (χ4n) is 2.56. The molecule has 1 aliphatic rings. The van der Waals surface area contributed by atoms with Crippen LogP contribution in [0.2, 0.25) is 0 Å². The van der Waals surface area contributed by atoms with Gasteiger partial charge in [-0.05, 0) is 17.7 Å². The molecule has 142 valence electrons. The number of thioether (sulfide) groups is 1. The number of carboxylic acids is 1. The molecule has 1 saturated heterocycles. The Labute approximate surface area is 151 Å². The van der Waals surface area contributed by atoms with Crippen LogP contribution in [0.4, 0.5) is 18.9 Å². The molecule has 10 heteroatoms. The van der Waals surface area contributed by atoms with Crippen LogP contribution in [0, 0.1) is 5.92 Å². The summed E-state index contributed by atoms with van der Waals surface area (Å²) in [5.41, 5.74) is 1.25. The molecule has 1 aliphatic heterocycles. The minimum absolute atomic E-state index is 0.0458. The number of nitrogens with one attached hydrogen (secondary N) is 1. The lowest BCUT2D eigenvalue weighted by molar-refractivity contribution is -0.157. The fourth-order valence-corrected chi connectivity index (χ4v) is 3.25. The third-order valence-corrected chi connectivity index (χ3v) is 4.63. The molecule has 2 rings (SSSR count). The first-order chi connectivity index (χ1) is 12.1. The second-order valence-corrected chi connectivity index (χ2v) is 6.85. The maximum atomic E-state index is 12.4. The van der Waals surface area contributed by atoms with Gasteiger partial charge in [-0.2, -0.15) is 13.2 Å². The zero-order chi connectivity index (χ0) is 19.3. The molecule has 2 N–H and O–H groups in total. The van der Waals surface area contributed by atoms with E-state index < -0.39 is 36.4 Å². The number of benzene rings is 1. The van der Waals surface area contributed by atoms with Crippen LogP contribution >= 0.6 is 11.8 Å². The molecule has 1 unspecified atom stereocenters. The molecule has 1 fully saturated rings. The molecule has 1 atom stereocenters. The van der Waals surface area contributed by atoms with Crippen LogP contribution in [-0.4, -0.2) is 52.8 Å². The Morgan fingerprint density at radius 1 is 1.35 bits per heavy atom. The number of halogens is 3. The molecule has 0 saturated carbocycles. The van der Waals surface area contributed by atoms with Gasteiger partial charge in [-0.15, -0.1) is 11.8 Å². The molecule has 1 aromatic rings. The van der Waals surface area contributed by atoms with Crippen molar-refractivity contribution in [3.8, 4) is 0 Å². The zero-order valence-electron chi connectivity index (χ0n) is 13.6. The molecule has 0 spiro atoms. The number of likely N-dealkylation sites (tertiary alicyclic amines) is 1. The molecular formula is C16H17F3N2O4S. The van der Waals surface area contributed by atoms with Crippen molar-refractivity contribution in [2.24, 2.45) is 5.92 Å². The first kappa shape index (κ1) is 20.1. The Bertz CT molecular complexity index is 696. The van der Waals surface area contributed by atoms with Gasteiger partial charge in [-0.25, -0.2) is 0 Å². The van der Waals surface area contributed by atoms with Gasteiger partial charge in [0.25, 0.3) is 0 Å².